The smallest absolute Gasteiger partial charge is 0.407 e. The molecule has 0 saturated carbocycles. The molecule has 0 radical (unpaired) electrons. The van der Waals surface area contributed by atoms with Gasteiger partial charge in [-0.05, 0) is 172 Å². The van der Waals surface area contributed by atoms with E-state index in [1.165, 1.54) is 24.8 Å². The molecule has 3 aliphatic rings. The molecule has 1 aliphatic heterocycles. The lowest BCUT2D eigenvalue weighted by molar-refractivity contribution is -0.131. The van der Waals surface area contributed by atoms with Gasteiger partial charge in [0.15, 0.2) is 0 Å². The van der Waals surface area contributed by atoms with Crippen LogP contribution in [0.3, 0.4) is 0 Å². The van der Waals surface area contributed by atoms with Crippen LogP contribution in [0.2, 0.25) is 0 Å². The zero-order chi connectivity index (χ0) is 67.4. The summed E-state index contributed by atoms with van der Waals surface area (Å²) < 4.78 is 16.3. The van der Waals surface area contributed by atoms with Gasteiger partial charge in [0, 0.05) is 88.3 Å². The fourth-order valence-electron chi connectivity index (χ4n) is 11.8. The van der Waals surface area contributed by atoms with E-state index in [1.807, 2.05) is 74.8 Å². The van der Waals surface area contributed by atoms with Gasteiger partial charge in [0.05, 0.1) is 19.3 Å². The summed E-state index contributed by atoms with van der Waals surface area (Å²) in [4.78, 5) is 88.6. The molecule has 512 valence electrons. The van der Waals surface area contributed by atoms with Gasteiger partial charge >= 0.3 is 12.2 Å². The highest BCUT2D eigenvalue weighted by Gasteiger charge is 2.52. The van der Waals surface area contributed by atoms with E-state index in [1.54, 1.807) is 4.90 Å². The van der Waals surface area contributed by atoms with Crippen molar-refractivity contribution in [3.63, 3.8) is 0 Å². The van der Waals surface area contributed by atoms with Gasteiger partial charge in [-0.3, -0.25) is 19.2 Å². The second-order valence-corrected chi connectivity index (χ2v) is 27.3. The van der Waals surface area contributed by atoms with Gasteiger partial charge in [-0.25, -0.2) is 9.59 Å². The maximum atomic E-state index is 14.1. The highest BCUT2D eigenvalue weighted by atomic mass is 16.6. The molecule has 19 nitrogen and oxygen atoms in total. The lowest BCUT2D eigenvalue weighted by Crippen LogP contribution is -2.47. The number of anilines is 2. The van der Waals surface area contributed by atoms with E-state index in [0.29, 0.717) is 65.0 Å². The molecule has 9 N–H and O–H groups in total. The molecule has 91 heavy (non-hydrogen) atoms. The Bertz CT molecular complexity index is 2590. The summed E-state index contributed by atoms with van der Waals surface area (Å²) in [5, 5.41) is 15.0. The Morgan fingerprint density at radius 1 is 0.670 bits per heavy atom. The van der Waals surface area contributed by atoms with Crippen molar-refractivity contribution in [3.8, 4) is 0 Å². The lowest BCUT2D eigenvalue weighted by atomic mass is 9.51. The third-order valence-electron chi connectivity index (χ3n) is 16.7. The number of primary amides is 1. The Morgan fingerprint density at radius 3 is 1.68 bits per heavy atom. The molecule has 2 aliphatic carbocycles. The topological polar surface area (TPSA) is 266 Å². The number of nitrogens with zero attached hydrogens (tertiary/aromatic N) is 2. The number of likely N-dealkylation sites (N-methyl/N-ethyl adjacent to an activating group) is 2. The first-order chi connectivity index (χ1) is 43.2. The minimum absolute atomic E-state index is 0.0144. The molecule has 0 bridgehead atoms. The number of hydrogen-bond acceptors (Lipinski definition) is 13. The predicted molar refractivity (Wildman–Crippen MR) is 367 cm³/mol. The number of fused-ring (bicyclic) bond motifs is 2. The van der Waals surface area contributed by atoms with E-state index in [2.05, 4.69) is 101 Å². The van der Waals surface area contributed by atoms with Crippen molar-refractivity contribution >= 4 is 53.5 Å². The molecule has 2 aromatic rings. The number of carbonyl (C=O) groups is 7. The van der Waals surface area contributed by atoms with Crippen LogP contribution in [0, 0.1) is 18.8 Å². The van der Waals surface area contributed by atoms with Crippen molar-refractivity contribution in [2.24, 2.45) is 23.3 Å². The number of benzene rings is 2. The fourth-order valence-corrected chi connectivity index (χ4v) is 11.8. The normalized spacial score (nSPS) is 18.9. The van der Waals surface area contributed by atoms with Gasteiger partial charge in [-0.2, -0.15) is 0 Å². The summed E-state index contributed by atoms with van der Waals surface area (Å²) in [6.07, 6.45) is 28.1. The van der Waals surface area contributed by atoms with E-state index in [0.717, 1.165) is 137 Å². The first-order valence-electron chi connectivity index (χ1n) is 34.0. The average Bonchev–Trinajstić information content (AvgIpc) is 0.850. The molecule has 19 heteroatoms. The molecule has 6 atom stereocenters. The van der Waals surface area contributed by atoms with Crippen LogP contribution in [0.1, 0.15) is 225 Å². The number of carbonyl (C=O) groups excluding carboxylic acids is 7. The Kier molecular flexibility index (Phi) is 36.6. The standard InChI is InChI=1S/C54H83N5O6.C13H26N2O3.C5H10N2O/c1-10-11-12-13-15-18-25-50(61)57-43-29-30-45-41(3)44-23-20-21-24-46(44)54(48(45)39-43,32-31-51(62)59(9)35-37-64-36-34-58(7)8)47-38-42(28-27-40(47)2)56-49(60)26-19-16-14-17-22-33-55-52(63)65-53(4,5)6;1-13(2,3)18-12(17)15-10-8-6-4-5-7-9-11(14)16;6-4-1-5(3-8)7-2-4/h20-21,23-24,27-30,38-39,41,44,46H,10-19,22,25-26,31-37H2,1-9H3,(H,55,63)(H,56,60)(H,57,61);4-10H2,1-3H3,(H2,14,16)(H,15,17);3-5,7H,1-2,6H2. The number of allylic oxidation sites excluding steroid dienone is 4. The molecule has 6 unspecified atom stereocenters. The molecule has 1 fully saturated rings. The number of aldehydes is 1. The Balaban J connectivity index is 0.000000685. The van der Waals surface area contributed by atoms with E-state index < -0.39 is 22.7 Å². The van der Waals surface area contributed by atoms with E-state index in [9.17, 15) is 33.6 Å². The minimum Gasteiger partial charge on any atom is -0.444 e. The Hall–Kier alpha value is -6.15. The monoisotopic (exact) mass is 1270 g/mol. The number of aryl methyl sites for hydroxylation is 1. The van der Waals surface area contributed by atoms with Crippen LogP contribution < -0.4 is 38.1 Å². The van der Waals surface area contributed by atoms with Crippen molar-refractivity contribution in [2.45, 2.75) is 238 Å². The van der Waals surface area contributed by atoms with Crippen LogP contribution >= 0.6 is 0 Å². The zero-order valence-electron chi connectivity index (χ0n) is 57.9. The maximum absolute atomic E-state index is 14.1. The average molecular weight is 1270 g/mol. The van der Waals surface area contributed by atoms with Crippen LogP contribution in [0.5, 0.6) is 0 Å². The van der Waals surface area contributed by atoms with Gasteiger partial charge in [-0.15, -0.1) is 0 Å². The number of alkyl carbamates (subject to hydrolysis) is 2. The van der Waals surface area contributed by atoms with Gasteiger partial charge < -0.3 is 66.9 Å². The first kappa shape index (κ1) is 79.1. The second-order valence-electron chi connectivity index (χ2n) is 27.3. The SMILES string of the molecule is CC(C)(C)OC(=O)NCCCCCCCC(N)=O.CCCCCCCCC(=O)Nc1ccc2c(c1)C(CCC(=O)N(C)CCOCCN(C)C)(c1cc(NC(=O)CCCCCCCNC(=O)OC(C)(C)C)ccc1C)C1C=CC=CC1C2C.NC1CNC(C=O)C1. The molecule has 0 spiro atoms. The zero-order valence-corrected chi connectivity index (χ0v) is 57.9. The van der Waals surface area contributed by atoms with Crippen molar-refractivity contribution < 1.29 is 47.8 Å². The summed E-state index contributed by atoms with van der Waals surface area (Å²) in [5.41, 5.74) is 14.9. The van der Waals surface area contributed by atoms with Crippen LogP contribution in [-0.4, -0.2) is 142 Å². The largest absolute Gasteiger partial charge is 0.444 e. The Labute approximate surface area is 546 Å². The van der Waals surface area contributed by atoms with Crippen molar-refractivity contribution in [1.29, 1.82) is 0 Å². The first-order valence-corrected chi connectivity index (χ1v) is 34.0. The number of amides is 6. The molecule has 2 aromatic carbocycles. The molecular formula is C72H119N9O10. The molecule has 0 aromatic heterocycles. The summed E-state index contributed by atoms with van der Waals surface area (Å²) in [5.74, 6) is 0.189. The number of hydrogen-bond donors (Lipinski definition) is 7. The second kappa shape index (κ2) is 42.2. The van der Waals surface area contributed by atoms with Crippen molar-refractivity contribution in [1.82, 2.24) is 25.8 Å². The maximum Gasteiger partial charge on any atom is 0.407 e. The summed E-state index contributed by atoms with van der Waals surface area (Å²) in [6, 6.07) is 12.8. The number of nitrogens with one attached hydrogen (secondary N) is 5. The number of ether oxygens (including phenoxy) is 3. The number of rotatable bonds is 36. The molecule has 1 saturated heterocycles. The van der Waals surface area contributed by atoms with E-state index in [4.69, 9.17) is 25.7 Å². The molecule has 1 heterocycles. The van der Waals surface area contributed by atoms with Gasteiger partial charge in [-0.1, -0.05) is 121 Å². The van der Waals surface area contributed by atoms with Gasteiger partial charge in [0.2, 0.25) is 23.6 Å². The van der Waals surface area contributed by atoms with Crippen LogP contribution in [0.15, 0.2) is 60.7 Å². The van der Waals surface area contributed by atoms with Crippen molar-refractivity contribution in [2.75, 3.05) is 77.7 Å². The third-order valence-corrected chi connectivity index (χ3v) is 16.7. The highest BCUT2D eigenvalue weighted by molar-refractivity contribution is 5.92. The van der Waals surface area contributed by atoms with Gasteiger partial charge in [0.1, 0.15) is 17.5 Å². The third kappa shape index (κ3) is 31.4. The van der Waals surface area contributed by atoms with E-state index in [-0.39, 0.29) is 59.6 Å². The minimum atomic E-state index is -0.657. The highest BCUT2D eigenvalue weighted by Crippen LogP contribution is 2.58. The molecule has 5 rings (SSSR count). The van der Waals surface area contributed by atoms with Gasteiger partial charge in [0.25, 0.3) is 0 Å². The van der Waals surface area contributed by atoms with Crippen molar-refractivity contribution in [3.05, 3.63) is 83.0 Å². The summed E-state index contributed by atoms with van der Waals surface area (Å²) in [7, 11) is 5.89. The number of unbranched alkanes of at least 4 members (excludes halogenated alkanes) is 13. The lowest BCUT2D eigenvalue weighted by Gasteiger charge is -2.52. The van der Waals surface area contributed by atoms with Crippen LogP contribution in [0.25, 0.3) is 0 Å². The molecular weight excluding hydrogens is 1150 g/mol. The predicted octanol–water partition coefficient (Wildman–Crippen LogP) is 12.3. The van der Waals surface area contributed by atoms with E-state index >= 15 is 0 Å². The van der Waals surface area contributed by atoms with Crippen LogP contribution in [0.4, 0.5) is 21.0 Å². The van der Waals surface area contributed by atoms with Crippen LogP contribution in [-0.2, 0) is 43.6 Å². The summed E-state index contributed by atoms with van der Waals surface area (Å²) in [6.45, 7) is 22.1. The number of nitrogens with two attached hydrogens (primary N) is 2. The summed E-state index contributed by atoms with van der Waals surface area (Å²) >= 11 is 0. The quantitative estimate of drug-likeness (QED) is 0.0247. The molecule has 6 amide bonds. The fraction of sp³-hybridized carbons (Fsp3) is 0.681. The Morgan fingerprint density at radius 2 is 1.18 bits per heavy atom.